The second kappa shape index (κ2) is 6.18. The molecule has 3 aromatic rings. The number of ether oxygens (including phenoxy) is 1. The van der Waals surface area contributed by atoms with Crippen LogP contribution in [0, 0.1) is 0 Å². The number of hydrogen-bond acceptors (Lipinski definition) is 4. The summed E-state index contributed by atoms with van der Waals surface area (Å²) in [5, 5.41) is 0. The lowest BCUT2D eigenvalue weighted by Crippen LogP contribution is -2.08. The summed E-state index contributed by atoms with van der Waals surface area (Å²) < 4.78 is 4.71. The van der Waals surface area contributed by atoms with Crippen molar-refractivity contribution in [1.29, 1.82) is 0 Å². The van der Waals surface area contributed by atoms with Crippen LogP contribution in [0.3, 0.4) is 0 Å². The predicted molar refractivity (Wildman–Crippen MR) is 84.2 cm³/mol. The van der Waals surface area contributed by atoms with E-state index in [1.807, 2.05) is 60.7 Å². The molecule has 0 bridgehead atoms. The molecule has 22 heavy (non-hydrogen) atoms. The van der Waals surface area contributed by atoms with Gasteiger partial charge in [0.15, 0.2) is 0 Å². The van der Waals surface area contributed by atoms with Gasteiger partial charge in [-0.25, -0.2) is 14.8 Å². The Labute approximate surface area is 128 Å². The van der Waals surface area contributed by atoms with Crippen molar-refractivity contribution in [2.24, 2.45) is 0 Å². The van der Waals surface area contributed by atoms with Crippen LogP contribution in [-0.2, 0) is 4.74 Å². The van der Waals surface area contributed by atoms with E-state index in [9.17, 15) is 4.79 Å². The van der Waals surface area contributed by atoms with Gasteiger partial charge in [0.1, 0.15) is 0 Å². The van der Waals surface area contributed by atoms with Crippen molar-refractivity contribution >= 4 is 5.97 Å². The maximum Gasteiger partial charge on any atom is 0.376 e. The summed E-state index contributed by atoms with van der Waals surface area (Å²) in [5.74, 6) is -0.488. The lowest BCUT2D eigenvalue weighted by Gasteiger charge is -2.10. The average molecular weight is 290 g/mol. The number of carbonyl (C=O) groups is 1. The first-order chi connectivity index (χ1) is 10.8. The van der Waals surface area contributed by atoms with E-state index < -0.39 is 5.97 Å². The first-order valence-corrected chi connectivity index (χ1v) is 6.86. The summed E-state index contributed by atoms with van der Waals surface area (Å²) in [5.41, 5.74) is 3.51. The number of nitrogens with zero attached hydrogens (tertiary/aromatic N) is 2. The molecule has 108 valence electrons. The van der Waals surface area contributed by atoms with Crippen molar-refractivity contribution < 1.29 is 9.53 Å². The Hall–Kier alpha value is -3.01. The highest BCUT2D eigenvalue weighted by atomic mass is 16.5. The van der Waals surface area contributed by atoms with Gasteiger partial charge in [-0.1, -0.05) is 60.7 Å². The highest BCUT2D eigenvalue weighted by Gasteiger charge is 2.15. The Morgan fingerprint density at radius 1 is 0.909 bits per heavy atom. The maximum atomic E-state index is 11.7. The van der Waals surface area contributed by atoms with E-state index in [2.05, 4.69) is 9.97 Å². The van der Waals surface area contributed by atoms with Crippen LogP contribution in [0.2, 0.25) is 0 Å². The molecule has 0 aliphatic heterocycles. The number of carbonyl (C=O) groups excluding carboxylic acids is 1. The number of methoxy groups -OCH3 is 1. The lowest BCUT2D eigenvalue weighted by molar-refractivity contribution is 0.0587. The summed E-state index contributed by atoms with van der Waals surface area (Å²) in [4.78, 5) is 20.2. The molecule has 1 aromatic heterocycles. The van der Waals surface area contributed by atoms with Crippen molar-refractivity contribution in [2.45, 2.75) is 0 Å². The van der Waals surface area contributed by atoms with E-state index in [0.717, 1.165) is 16.7 Å². The van der Waals surface area contributed by atoms with Crippen molar-refractivity contribution in [3.05, 3.63) is 72.7 Å². The SMILES string of the molecule is COC(=O)c1ncc(-c2ccccc2)c(-c2ccccc2)n1. The fourth-order valence-corrected chi connectivity index (χ4v) is 2.22. The van der Waals surface area contributed by atoms with Crippen LogP contribution in [0.25, 0.3) is 22.4 Å². The molecule has 2 aromatic carbocycles. The fourth-order valence-electron chi connectivity index (χ4n) is 2.22. The molecule has 0 aliphatic rings. The second-order valence-electron chi connectivity index (χ2n) is 4.68. The molecule has 0 unspecified atom stereocenters. The molecule has 3 rings (SSSR count). The van der Waals surface area contributed by atoms with Crippen LogP contribution in [0.5, 0.6) is 0 Å². The summed E-state index contributed by atoms with van der Waals surface area (Å²) in [6.07, 6.45) is 1.66. The Kier molecular flexibility index (Phi) is 3.92. The summed E-state index contributed by atoms with van der Waals surface area (Å²) in [7, 11) is 1.32. The fraction of sp³-hybridized carbons (Fsp3) is 0.0556. The molecule has 0 saturated heterocycles. The van der Waals surface area contributed by atoms with Crippen LogP contribution in [0.15, 0.2) is 66.9 Å². The molecule has 0 saturated carbocycles. The van der Waals surface area contributed by atoms with Crippen LogP contribution in [0.4, 0.5) is 0 Å². The van der Waals surface area contributed by atoms with Crippen LogP contribution in [-0.4, -0.2) is 23.0 Å². The average Bonchev–Trinajstić information content (AvgIpc) is 2.62. The third-order valence-electron chi connectivity index (χ3n) is 3.29. The third kappa shape index (κ3) is 2.72. The first kappa shape index (κ1) is 13.9. The number of esters is 1. The highest BCUT2D eigenvalue weighted by Crippen LogP contribution is 2.29. The summed E-state index contributed by atoms with van der Waals surface area (Å²) in [6.45, 7) is 0. The summed E-state index contributed by atoms with van der Waals surface area (Å²) >= 11 is 0. The molecule has 0 spiro atoms. The number of rotatable bonds is 3. The van der Waals surface area contributed by atoms with Gasteiger partial charge in [0.25, 0.3) is 0 Å². The first-order valence-electron chi connectivity index (χ1n) is 6.86. The van der Waals surface area contributed by atoms with E-state index in [0.29, 0.717) is 5.69 Å². The minimum absolute atomic E-state index is 0.0565. The minimum Gasteiger partial charge on any atom is -0.463 e. The number of benzene rings is 2. The molecule has 0 fully saturated rings. The van der Waals surface area contributed by atoms with Gasteiger partial charge >= 0.3 is 5.97 Å². The third-order valence-corrected chi connectivity index (χ3v) is 3.29. The molecule has 0 amide bonds. The standard InChI is InChI=1S/C18H14N2O2/c1-22-18(21)17-19-12-15(13-8-4-2-5-9-13)16(20-17)14-10-6-3-7-11-14/h2-12H,1H3. The number of aromatic nitrogens is 2. The largest absolute Gasteiger partial charge is 0.463 e. The van der Waals surface area contributed by atoms with Gasteiger partial charge in [0.2, 0.25) is 5.82 Å². The summed E-state index contributed by atoms with van der Waals surface area (Å²) in [6, 6.07) is 19.6. The van der Waals surface area contributed by atoms with E-state index in [-0.39, 0.29) is 5.82 Å². The molecule has 4 nitrogen and oxygen atoms in total. The van der Waals surface area contributed by atoms with Crippen molar-refractivity contribution in [2.75, 3.05) is 7.11 Å². The van der Waals surface area contributed by atoms with E-state index in [4.69, 9.17) is 4.74 Å². The second-order valence-corrected chi connectivity index (χ2v) is 4.68. The molecule has 1 heterocycles. The zero-order valence-electron chi connectivity index (χ0n) is 12.1. The van der Waals surface area contributed by atoms with Crippen LogP contribution < -0.4 is 0 Å². The Balaban J connectivity index is 2.20. The van der Waals surface area contributed by atoms with E-state index in [1.165, 1.54) is 7.11 Å². The molecule has 0 N–H and O–H groups in total. The monoisotopic (exact) mass is 290 g/mol. The quantitative estimate of drug-likeness (QED) is 0.692. The zero-order valence-corrected chi connectivity index (χ0v) is 12.1. The highest BCUT2D eigenvalue weighted by molar-refractivity contribution is 5.88. The van der Waals surface area contributed by atoms with E-state index in [1.54, 1.807) is 6.20 Å². The zero-order chi connectivity index (χ0) is 15.4. The van der Waals surface area contributed by atoms with Gasteiger partial charge in [-0.2, -0.15) is 0 Å². The Morgan fingerprint density at radius 2 is 1.50 bits per heavy atom. The normalized spacial score (nSPS) is 10.2. The minimum atomic E-state index is -0.545. The van der Waals surface area contributed by atoms with Gasteiger partial charge in [-0.3, -0.25) is 0 Å². The van der Waals surface area contributed by atoms with Gasteiger partial charge in [-0.15, -0.1) is 0 Å². The predicted octanol–water partition coefficient (Wildman–Crippen LogP) is 3.60. The van der Waals surface area contributed by atoms with E-state index >= 15 is 0 Å². The van der Waals surface area contributed by atoms with Crippen LogP contribution in [0.1, 0.15) is 10.6 Å². The van der Waals surface area contributed by atoms with Crippen molar-refractivity contribution in [3.8, 4) is 22.4 Å². The van der Waals surface area contributed by atoms with Gasteiger partial charge in [-0.05, 0) is 5.56 Å². The molecular formula is C18H14N2O2. The van der Waals surface area contributed by atoms with Crippen molar-refractivity contribution in [3.63, 3.8) is 0 Å². The Morgan fingerprint density at radius 3 is 2.09 bits per heavy atom. The molecule has 0 radical (unpaired) electrons. The smallest absolute Gasteiger partial charge is 0.376 e. The molecule has 0 aliphatic carbocycles. The van der Waals surface area contributed by atoms with Gasteiger partial charge < -0.3 is 4.74 Å². The Bertz CT molecular complexity index is 787. The molecular weight excluding hydrogens is 276 g/mol. The van der Waals surface area contributed by atoms with Crippen molar-refractivity contribution in [1.82, 2.24) is 9.97 Å². The van der Waals surface area contributed by atoms with Gasteiger partial charge in [0, 0.05) is 17.3 Å². The molecule has 0 atom stereocenters. The van der Waals surface area contributed by atoms with Gasteiger partial charge in [0.05, 0.1) is 12.8 Å². The number of hydrogen-bond donors (Lipinski definition) is 0. The molecule has 4 heteroatoms. The topological polar surface area (TPSA) is 52.1 Å². The lowest BCUT2D eigenvalue weighted by atomic mass is 10.0. The van der Waals surface area contributed by atoms with Crippen LogP contribution >= 0.6 is 0 Å². The maximum absolute atomic E-state index is 11.7.